The SMILES string of the molecule is CC(C)Oc1c(N)nsc1N1CCN2C(=O)NCC2C1. The number of carbonyl (C=O) groups excluding carboxylic acids is 1. The molecule has 3 heterocycles. The van der Waals surface area contributed by atoms with Crippen molar-refractivity contribution in [2.45, 2.75) is 26.0 Å². The summed E-state index contributed by atoms with van der Waals surface area (Å²) in [6.07, 6.45) is 0.0588. The minimum absolute atomic E-state index is 0.0390. The summed E-state index contributed by atoms with van der Waals surface area (Å²) in [5, 5.41) is 3.85. The number of fused-ring (bicyclic) bond motifs is 1. The summed E-state index contributed by atoms with van der Waals surface area (Å²) in [5.74, 6) is 1.12. The number of nitrogens with zero attached hydrogens (tertiary/aromatic N) is 3. The van der Waals surface area contributed by atoms with E-state index >= 15 is 0 Å². The molecule has 2 aliphatic heterocycles. The zero-order valence-corrected chi connectivity index (χ0v) is 12.4. The highest BCUT2D eigenvalue weighted by Crippen LogP contribution is 2.39. The first kappa shape index (κ1) is 13.3. The summed E-state index contributed by atoms with van der Waals surface area (Å²) >= 11 is 1.36. The van der Waals surface area contributed by atoms with E-state index in [2.05, 4.69) is 14.6 Å². The van der Waals surface area contributed by atoms with Crippen molar-refractivity contribution in [1.29, 1.82) is 0 Å². The van der Waals surface area contributed by atoms with E-state index in [1.807, 2.05) is 18.7 Å². The molecule has 2 fully saturated rings. The van der Waals surface area contributed by atoms with E-state index in [0.717, 1.165) is 24.6 Å². The van der Waals surface area contributed by atoms with Gasteiger partial charge in [0, 0.05) is 26.2 Å². The Morgan fingerprint density at radius 3 is 3.05 bits per heavy atom. The van der Waals surface area contributed by atoms with Crippen LogP contribution in [0.3, 0.4) is 0 Å². The van der Waals surface area contributed by atoms with Gasteiger partial charge in [-0.1, -0.05) is 0 Å². The summed E-state index contributed by atoms with van der Waals surface area (Å²) in [7, 11) is 0. The second-order valence-electron chi connectivity index (χ2n) is 5.35. The van der Waals surface area contributed by atoms with Crippen molar-refractivity contribution in [2.24, 2.45) is 0 Å². The Morgan fingerprint density at radius 2 is 2.30 bits per heavy atom. The van der Waals surface area contributed by atoms with Crippen molar-refractivity contribution in [3.8, 4) is 5.75 Å². The smallest absolute Gasteiger partial charge is 0.317 e. The van der Waals surface area contributed by atoms with E-state index in [1.165, 1.54) is 11.5 Å². The molecule has 3 N–H and O–H groups in total. The summed E-state index contributed by atoms with van der Waals surface area (Å²) in [4.78, 5) is 15.7. The number of ether oxygens (including phenoxy) is 1. The van der Waals surface area contributed by atoms with E-state index in [0.29, 0.717) is 18.1 Å². The maximum absolute atomic E-state index is 11.6. The number of carbonyl (C=O) groups is 1. The third-order valence-corrected chi connectivity index (χ3v) is 4.44. The Hall–Kier alpha value is -1.70. The van der Waals surface area contributed by atoms with Gasteiger partial charge in [-0.05, 0) is 25.4 Å². The first-order valence-corrected chi connectivity index (χ1v) is 7.55. The van der Waals surface area contributed by atoms with Gasteiger partial charge < -0.3 is 25.6 Å². The Kier molecular flexibility index (Phi) is 3.33. The molecule has 20 heavy (non-hydrogen) atoms. The van der Waals surface area contributed by atoms with Crippen LogP contribution in [0.5, 0.6) is 5.75 Å². The normalized spacial score (nSPS) is 22.1. The fraction of sp³-hybridized carbons (Fsp3) is 0.667. The quantitative estimate of drug-likeness (QED) is 0.859. The second-order valence-corrected chi connectivity index (χ2v) is 6.10. The molecule has 110 valence electrons. The van der Waals surface area contributed by atoms with Gasteiger partial charge >= 0.3 is 6.03 Å². The second kappa shape index (κ2) is 5.01. The standard InChI is InChI=1S/C12H19N5O2S/c1-7(2)19-9-10(13)15-20-11(9)16-3-4-17-8(6-16)5-14-12(17)18/h7-8H,3-6H2,1-2H3,(H2,13,15)(H,14,18). The predicted molar refractivity (Wildman–Crippen MR) is 78.4 cm³/mol. The number of nitrogens with two attached hydrogens (primary N) is 1. The van der Waals surface area contributed by atoms with Gasteiger partial charge in [-0.2, -0.15) is 4.37 Å². The van der Waals surface area contributed by atoms with Gasteiger partial charge in [0.1, 0.15) is 0 Å². The molecule has 2 amide bonds. The van der Waals surface area contributed by atoms with Crippen molar-refractivity contribution >= 4 is 28.4 Å². The topological polar surface area (TPSA) is 83.7 Å². The number of amides is 2. The molecule has 1 aromatic heterocycles. The van der Waals surface area contributed by atoms with Crippen LogP contribution in [0.1, 0.15) is 13.8 Å². The number of rotatable bonds is 3. The van der Waals surface area contributed by atoms with E-state index in [-0.39, 0.29) is 18.2 Å². The van der Waals surface area contributed by atoms with Gasteiger partial charge in [-0.15, -0.1) is 0 Å². The van der Waals surface area contributed by atoms with Crippen LogP contribution in [-0.4, -0.2) is 53.6 Å². The molecule has 0 radical (unpaired) electrons. The highest BCUT2D eigenvalue weighted by atomic mass is 32.1. The minimum Gasteiger partial charge on any atom is -0.484 e. The van der Waals surface area contributed by atoms with Crippen LogP contribution in [0.4, 0.5) is 15.6 Å². The number of anilines is 2. The molecule has 2 saturated heterocycles. The van der Waals surface area contributed by atoms with E-state index in [1.54, 1.807) is 0 Å². The lowest BCUT2D eigenvalue weighted by atomic mass is 10.2. The molecule has 1 atom stereocenters. The predicted octanol–water partition coefficient (Wildman–Crippen LogP) is 0.726. The summed E-state index contributed by atoms with van der Waals surface area (Å²) in [6.45, 7) is 6.92. The fourth-order valence-electron chi connectivity index (χ4n) is 2.62. The molecule has 7 nitrogen and oxygen atoms in total. The number of urea groups is 1. The third kappa shape index (κ3) is 2.24. The first-order chi connectivity index (χ1) is 9.56. The average molecular weight is 297 g/mol. The van der Waals surface area contributed by atoms with E-state index < -0.39 is 0 Å². The highest BCUT2D eigenvalue weighted by molar-refractivity contribution is 7.11. The van der Waals surface area contributed by atoms with E-state index in [4.69, 9.17) is 10.5 Å². The molecule has 0 bridgehead atoms. The zero-order valence-electron chi connectivity index (χ0n) is 11.6. The maximum Gasteiger partial charge on any atom is 0.317 e. The number of piperazine rings is 1. The van der Waals surface area contributed by atoms with Gasteiger partial charge in [0.05, 0.1) is 12.1 Å². The minimum atomic E-state index is 0.0390. The molecule has 0 aliphatic carbocycles. The first-order valence-electron chi connectivity index (χ1n) is 6.77. The number of nitrogen functional groups attached to an aromatic ring is 1. The van der Waals surface area contributed by atoms with E-state index in [9.17, 15) is 4.79 Å². The van der Waals surface area contributed by atoms with Crippen molar-refractivity contribution < 1.29 is 9.53 Å². The third-order valence-electron chi connectivity index (χ3n) is 3.53. The molecule has 0 saturated carbocycles. The number of hydrogen-bond donors (Lipinski definition) is 2. The zero-order chi connectivity index (χ0) is 14.3. The molecule has 3 rings (SSSR count). The molecule has 8 heteroatoms. The van der Waals surface area contributed by atoms with Crippen LogP contribution < -0.4 is 20.7 Å². The van der Waals surface area contributed by atoms with Crippen molar-refractivity contribution in [2.75, 3.05) is 36.8 Å². The summed E-state index contributed by atoms with van der Waals surface area (Å²) < 4.78 is 9.99. The molecular formula is C12H19N5O2S. The number of aromatic nitrogens is 1. The van der Waals surface area contributed by atoms with Gasteiger partial charge in [0.2, 0.25) is 0 Å². The Bertz CT molecular complexity index is 518. The molecule has 1 unspecified atom stereocenters. The summed E-state index contributed by atoms with van der Waals surface area (Å²) in [5.41, 5.74) is 5.90. The monoisotopic (exact) mass is 297 g/mol. The summed E-state index contributed by atoms with van der Waals surface area (Å²) in [6, 6.07) is 0.253. The molecular weight excluding hydrogens is 278 g/mol. The highest BCUT2D eigenvalue weighted by Gasteiger charge is 2.37. The van der Waals surface area contributed by atoms with Crippen LogP contribution >= 0.6 is 11.5 Å². The van der Waals surface area contributed by atoms with Gasteiger partial charge in [-0.25, -0.2) is 4.79 Å². The molecule has 0 spiro atoms. The largest absolute Gasteiger partial charge is 0.484 e. The van der Waals surface area contributed by atoms with Crippen LogP contribution in [-0.2, 0) is 0 Å². The lowest BCUT2D eigenvalue weighted by Gasteiger charge is -2.37. The van der Waals surface area contributed by atoms with Gasteiger partial charge in [0.15, 0.2) is 16.6 Å². The fourth-order valence-corrected chi connectivity index (χ4v) is 3.41. The van der Waals surface area contributed by atoms with Crippen LogP contribution in [0.25, 0.3) is 0 Å². The van der Waals surface area contributed by atoms with Crippen molar-refractivity contribution in [1.82, 2.24) is 14.6 Å². The molecule has 1 aromatic rings. The van der Waals surface area contributed by atoms with Gasteiger partial charge in [-0.3, -0.25) is 0 Å². The Balaban J connectivity index is 1.79. The van der Waals surface area contributed by atoms with Crippen molar-refractivity contribution in [3.63, 3.8) is 0 Å². The molecule has 0 aromatic carbocycles. The van der Waals surface area contributed by atoms with Crippen LogP contribution in [0, 0.1) is 0 Å². The van der Waals surface area contributed by atoms with Gasteiger partial charge in [0.25, 0.3) is 0 Å². The molecule has 2 aliphatic rings. The van der Waals surface area contributed by atoms with Crippen LogP contribution in [0.15, 0.2) is 0 Å². The number of nitrogens with one attached hydrogen (secondary N) is 1. The average Bonchev–Trinajstić information content (AvgIpc) is 2.94. The van der Waals surface area contributed by atoms with Crippen molar-refractivity contribution in [3.05, 3.63) is 0 Å². The Labute approximate surface area is 121 Å². The Morgan fingerprint density at radius 1 is 1.50 bits per heavy atom. The number of hydrogen-bond acceptors (Lipinski definition) is 6. The lowest BCUT2D eigenvalue weighted by Crippen LogP contribution is -2.52. The lowest BCUT2D eigenvalue weighted by molar-refractivity contribution is 0.197. The maximum atomic E-state index is 11.6. The van der Waals surface area contributed by atoms with Crippen LogP contribution in [0.2, 0.25) is 0 Å².